The van der Waals surface area contributed by atoms with Crippen molar-refractivity contribution in [1.29, 1.82) is 0 Å². The van der Waals surface area contributed by atoms with Crippen molar-refractivity contribution >= 4 is 12.4 Å². The first-order valence-electron chi connectivity index (χ1n) is 8.06. The zero-order chi connectivity index (χ0) is 12.9. The van der Waals surface area contributed by atoms with E-state index >= 15 is 0 Å². The second-order valence-corrected chi connectivity index (χ2v) is 7.40. The van der Waals surface area contributed by atoms with E-state index in [1.165, 1.54) is 38.5 Å². The van der Waals surface area contributed by atoms with Crippen molar-refractivity contribution in [3.05, 3.63) is 35.9 Å². The summed E-state index contributed by atoms with van der Waals surface area (Å²) in [5.41, 5.74) is 8.13. The summed E-state index contributed by atoms with van der Waals surface area (Å²) in [5.74, 6) is 3.78. The van der Waals surface area contributed by atoms with E-state index in [1.54, 1.807) is 5.56 Å². The molecule has 110 valence electrons. The van der Waals surface area contributed by atoms with Gasteiger partial charge in [0.15, 0.2) is 0 Å². The maximum atomic E-state index is 5.99. The summed E-state index contributed by atoms with van der Waals surface area (Å²) in [4.78, 5) is 0. The number of hydrogen-bond donors (Lipinski definition) is 1. The number of hydrogen-bond acceptors (Lipinski definition) is 1. The first-order chi connectivity index (χ1) is 9.31. The molecule has 0 radical (unpaired) electrons. The molecule has 20 heavy (non-hydrogen) atoms. The van der Waals surface area contributed by atoms with Crippen molar-refractivity contribution in [3.8, 4) is 0 Å². The van der Waals surface area contributed by atoms with Crippen LogP contribution in [0.2, 0.25) is 0 Å². The molecule has 4 fully saturated rings. The van der Waals surface area contributed by atoms with Crippen LogP contribution in [0.1, 0.15) is 50.0 Å². The van der Waals surface area contributed by atoms with Crippen molar-refractivity contribution in [1.82, 2.24) is 0 Å². The van der Waals surface area contributed by atoms with Crippen LogP contribution in [-0.4, -0.2) is 6.54 Å². The van der Waals surface area contributed by atoms with E-state index in [0.717, 1.165) is 30.2 Å². The molecule has 3 atom stereocenters. The Morgan fingerprint density at radius 2 is 1.65 bits per heavy atom. The zero-order valence-electron chi connectivity index (χ0n) is 12.1. The summed E-state index contributed by atoms with van der Waals surface area (Å²) in [6.07, 6.45) is 8.65. The van der Waals surface area contributed by atoms with Crippen LogP contribution in [0.3, 0.4) is 0 Å². The van der Waals surface area contributed by atoms with E-state index in [1.807, 2.05) is 0 Å². The molecular formula is C18H26ClN. The van der Waals surface area contributed by atoms with Crippen molar-refractivity contribution < 1.29 is 0 Å². The molecule has 0 aliphatic heterocycles. The molecular weight excluding hydrogens is 266 g/mol. The van der Waals surface area contributed by atoms with Crippen LogP contribution in [0.5, 0.6) is 0 Å². The molecule has 3 unspecified atom stereocenters. The molecule has 0 aromatic heterocycles. The Morgan fingerprint density at radius 3 is 2.25 bits per heavy atom. The van der Waals surface area contributed by atoms with Gasteiger partial charge in [-0.15, -0.1) is 12.4 Å². The molecule has 4 saturated carbocycles. The van der Waals surface area contributed by atoms with E-state index < -0.39 is 0 Å². The van der Waals surface area contributed by atoms with Gasteiger partial charge in [0.2, 0.25) is 0 Å². The third-order valence-corrected chi connectivity index (χ3v) is 6.26. The van der Waals surface area contributed by atoms with Crippen LogP contribution >= 0.6 is 12.4 Å². The number of rotatable bonds is 3. The molecule has 0 amide bonds. The van der Waals surface area contributed by atoms with Crippen molar-refractivity contribution in [2.45, 2.75) is 44.4 Å². The van der Waals surface area contributed by atoms with E-state index in [2.05, 4.69) is 30.3 Å². The third-order valence-electron chi connectivity index (χ3n) is 6.26. The lowest BCUT2D eigenvalue weighted by atomic mass is 9.43. The van der Waals surface area contributed by atoms with Gasteiger partial charge in [-0.1, -0.05) is 30.3 Å². The Hall–Kier alpha value is -0.530. The van der Waals surface area contributed by atoms with Gasteiger partial charge in [0.1, 0.15) is 0 Å². The van der Waals surface area contributed by atoms with Gasteiger partial charge in [0.05, 0.1) is 0 Å². The zero-order valence-corrected chi connectivity index (χ0v) is 12.9. The lowest BCUT2D eigenvalue weighted by molar-refractivity contribution is -0.0786. The first-order valence-corrected chi connectivity index (χ1v) is 8.06. The topological polar surface area (TPSA) is 26.0 Å². The standard InChI is InChI=1S/C18H25N.ClH/c19-7-6-18-11-13-8-14(12-18)10-16(9-13)17(18)15-4-2-1-3-5-15;/h1-5,13-14,16-17H,6-12,19H2;1H. The number of benzene rings is 1. The number of nitrogens with two attached hydrogens (primary N) is 1. The fourth-order valence-corrected chi connectivity index (χ4v) is 6.14. The Kier molecular flexibility index (Phi) is 3.85. The maximum absolute atomic E-state index is 5.99. The molecule has 2 heteroatoms. The highest BCUT2D eigenvalue weighted by Gasteiger charge is 2.56. The van der Waals surface area contributed by atoms with Gasteiger partial charge >= 0.3 is 0 Å². The van der Waals surface area contributed by atoms with Crippen LogP contribution in [0.4, 0.5) is 0 Å². The summed E-state index contributed by atoms with van der Waals surface area (Å²) in [6.45, 7) is 0.871. The molecule has 4 aliphatic rings. The molecule has 1 aromatic carbocycles. The average Bonchev–Trinajstić information content (AvgIpc) is 2.38. The fourth-order valence-electron chi connectivity index (χ4n) is 6.14. The number of halogens is 1. The molecule has 1 nitrogen and oxygen atoms in total. The van der Waals surface area contributed by atoms with Gasteiger partial charge in [0, 0.05) is 0 Å². The Morgan fingerprint density at radius 1 is 1.00 bits per heavy atom. The summed E-state index contributed by atoms with van der Waals surface area (Å²) in [6, 6.07) is 11.3. The molecule has 0 spiro atoms. The van der Waals surface area contributed by atoms with Crippen LogP contribution in [0.15, 0.2) is 30.3 Å². The first kappa shape index (κ1) is 14.4. The molecule has 4 aliphatic carbocycles. The van der Waals surface area contributed by atoms with Gasteiger partial charge in [-0.2, -0.15) is 0 Å². The van der Waals surface area contributed by atoms with Gasteiger partial charge in [0.25, 0.3) is 0 Å². The highest BCUT2D eigenvalue weighted by Crippen LogP contribution is 2.67. The fraction of sp³-hybridized carbons (Fsp3) is 0.667. The molecule has 5 rings (SSSR count). The Labute approximate surface area is 128 Å². The van der Waals surface area contributed by atoms with Crippen molar-refractivity contribution in [2.75, 3.05) is 6.54 Å². The van der Waals surface area contributed by atoms with Gasteiger partial charge in [-0.3, -0.25) is 0 Å². The van der Waals surface area contributed by atoms with Crippen LogP contribution < -0.4 is 5.73 Å². The van der Waals surface area contributed by atoms with Gasteiger partial charge < -0.3 is 5.73 Å². The van der Waals surface area contributed by atoms with Crippen LogP contribution in [0, 0.1) is 23.2 Å². The summed E-state index contributed by atoms with van der Waals surface area (Å²) >= 11 is 0. The predicted molar refractivity (Wildman–Crippen MR) is 86.1 cm³/mol. The van der Waals surface area contributed by atoms with E-state index in [9.17, 15) is 0 Å². The minimum atomic E-state index is 0. The Balaban J connectivity index is 0.00000121. The minimum absolute atomic E-state index is 0. The summed E-state index contributed by atoms with van der Waals surface area (Å²) in [7, 11) is 0. The monoisotopic (exact) mass is 291 g/mol. The van der Waals surface area contributed by atoms with E-state index in [-0.39, 0.29) is 12.4 Å². The lowest BCUT2D eigenvalue weighted by Gasteiger charge is -2.62. The van der Waals surface area contributed by atoms with Crippen molar-refractivity contribution in [3.63, 3.8) is 0 Å². The second-order valence-electron chi connectivity index (χ2n) is 7.40. The molecule has 1 aromatic rings. The molecule has 2 N–H and O–H groups in total. The van der Waals surface area contributed by atoms with E-state index in [4.69, 9.17) is 5.73 Å². The van der Waals surface area contributed by atoms with E-state index in [0.29, 0.717) is 5.41 Å². The highest BCUT2D eigenvalue weighted by molar-refractivity contribution is 5.85. The highest BCUT2D eigenvalue weighted by atomic mass is 35.5. The third kappa shape index (κ3) is 2.10. The predicted octanol–water partition coefficient (Wildman–Crippen LogP) is 4.37. The second kappa shape index (κ2) is 5.35. The lowest BCUT2D eigenvalue weighted by Crippen LogP contribution is -2.52. The summed E-state index contributed by atoms with van der Waals surface area (Å²) < 4.78 is 0. The average molecular weight is 292 g/mol. The summed E-state index contributed by atoms with van der Waals surface area (Å²) in [5, 5.41) is 0. The van der Waals surface area contributed by atoms with Gasteiger partial charge in [-0.25, -0.2) is 0 Å². The SMILES string of the molecule is Cl.NCCC12CC3CC(CC(C3)C1c1ccccc1)C2. The minimum Gasteiger partial charge on any atom is -0.330 e. The maximum Gasteiger partial charge on any atom is -0.00718 e. The van der Waals surface area contributed by atoms with Crippen molar-refractivity contribution in [2.24, 2.45) is 28.9 Å². The van der Waals surface area contributed by atoms with Crippen LogP contribution in [-0.2, 0) is 0 Å². The normalized spacial score (nSPS) is 41.5. The molecule has 0 saturated heterocycles. The van der Waals surface area contributed by atoms with Crippen LogP contribution in [0.25, 0.3) is 0 Å². The molecule has 0 heterocycles. The largest absolute Gasteiger partial charge is 0.330 e. The quantitative estimate of drug-likeness (QED) is 0.879. The van der Waals surface area contributed by atoms with Gasteiger partial charge in [-0.05, 0) is 79.7 Å². The molecule has 4 bridgehead atoms. The smallest absolute Gasteiger partial charge is 0.00718 e. The Bertz CT molecular complexity index is 444.